The van der Waals surface area contributed by atoms with Gasteiger partial charge in [0, 0.05) is 28.2 Å². The molecule has 0 saturated carbocycles. The van der Waals surface area contributed by atoms with Crippen molar-refractivity contribution in [1.82, 2.24) is 4.98 Å². The fourth-order valence-electron chi connectivity index (χ4n) is 2.27. The molecule has 3 rings (SSSR count). The van der Waals surface area contributed by atoms with E-state index >= 15 is 0 Å². The summed E-state index contributed by atoms with van der Waals surface area (Å²) in [5.41, 5.74) is 1.55. The lowest BCUT2D eigenvalue weighted by atomic mass is 9.98. The van der Waals surface area contributed by atoms with Crippen molar-refractivity contribution in [2.24, 2.45) is 0 Å². The summed E-state index contributed by atoms with van der Waals surface area (Å²) >= 11 is 0. The molecule has 0 amide bonds. The van der Waals surface area contributed by atoms with Crippen LogP contribution in [0.5, 0.6) is 0 Å². The van der Waals surface area contributed by atoms with E-state index in [0.717, 1.165) is 10.9 Å². The summed E-state index contributed by atoms with van der Waals surface area (Å²) < 4.78 is 0. The average molecular weight is 265 g/mol. The van der Waals surface area contributed by atoms with Crippen LogP contribution in [0.15, 0.2) is 54.7 Å². The van der Waals surface area contributed by atoms with Crippen molar-refractivity contribution in [1.29, 1.82) is 0 Å². The molecule has 0 atom stereocenters. The number of ketones is 1. The highest BCUT2D eigenvalue weighted by Crippen LogP contribution is 2.22. The number of rotatable bonds is 3. The molecular formula is C16H11NO3. The van der Waals surface area contributed by atoms with Crippen LogP contribution in [0.4, 0.5) is 0 Å². The Hall–Kier alpha value is -2.88. The number of aromatic carboxylic acids is 1. The topological polar surface area (TPSA) is 70.2 Å². The maximum Gasteiger partial charge on any atom is 0.336 e. The van der Waals surface area contributed by atoms with Crippen LogP contribution in [-0.4, -0.2) is 21.8 Å². The van der Waals surface area contributed by atoms with E-state index in [1.54, 1.807) is 18.3 Å². The minimum absolute atomic E-state index is 0.0165. The lowest BCUT2D eigenvalue weighted by Crippen LogP contribution is -2.09. The zero-order valence-electron chi connectivity index (χ0n) is 10.5. The fraction of sp³-hybridized carbons (Fsp3) is 0. The number of carboxylic acid groups (broad SMARTS) is 1. The van der Waals surface area contributed by atoms with Crippen molar-refractivity contribution in [2.45, 2.75) is 0 Å². The molecule has 4 heteroatoms. The molecule has 0 fully saturated rings. The Bertz CT molecular complexity index is 817. The number of aromatic nitrogens is 1. The number of H-pyrrole nitrogens is 1. The number of carbonyl (C=O) groups is 2. The number of aromatic amines is 1. The highest BCUT2D eigenvalue weighted by atomic mass is 16.4. The van der Waals surface area contributed by atoms with Gasteiger partial charge in [-0.2, -0.15) is 0 Å². The molecule has 0 aliphatic heterocycles. The first-order valence-electron chi connectivity index (χ1n) is 6.11. The van der Waals surface area contributed by atoms with Gasteiger partial charge in [-0.05, 0) is 12.1 Å². The number of para-hydroxylation sites is 1. The lowest BCUT2D eigenvalue weighted by Gasteiger charge is -2.04. The van der Waals surface area contributed by atoms with Crippen molar-refractivity contribution in [2.75, 3.05) is 0 Å². The summed E-state index contributed by atoms with van der Waals surface area (Å²) in [7, 11) is 0. The number of benzene rings is 2. The molecule has 98 valence electrons. The summed E-state index contributed by atoms with van der Waals surface area (Å²) in [5.74, 6) is -1.39. The number of fused-ring (bicyclic) bond motifs is 1. The van der Waals surface area contributed by atoms with Crippen molar-refractivity contribution in [3.63, 3.8) is 0 Å². The number of hydrogen-bond donors (Lipinski definition) is 2. The predicted octanol–water partition coefficient (Wildman–Crippen LogP) is 3.10. The minimum atomic E-state index is -1.10. The molecule has 1 aromatic heterocycles. The van der Waals surface area contributed by atoms with Crippen molar-refractivity contribution in [3.8, 4) is 0 Å². The van der Waals surface area contributed by atoms with E-state index in [9.17, 15) is 9.59 Å². The molecular weight excluding hydrogens is 254 g/mol. The van der Waals surface area contributed by atoms with E-state index in [0.29, 0.717) is 5.56 Å². The molecule has 0 saturated heterocycles. The van der Waals surface area contributed by atoms with Crippen LogP contribution in [0.25, 0.3) is 10.9 Å². The second-order valence-corrected chi connectivity index (χ2v) is 4.43. The maximum absolute atomic E-state index is 12.6. The Kier molecular flexibility index (Phi) is 2.84. The zero-order valence-corrected chi connectivity index (χ0v) is 10.5. The Morgan fingerprint density at radius 3 is 2.25 bits per heavy atom. The Labute approximate surface area is 114 Å². The maximum atomic E-state index is 12.6. The summed E-state index contributed by atoms with van der Waals surface area (Å²) in [6.07, 6.45) is 1.62. The van der Waals surface area contributed by atoms with Gasteiger partial charge in [-0.3, -0.25) is 4.79 Å². The van der Waals surface area contributed by atoms with Crippen LogP contribution < -0.4 is 0 Å². The van der Waals surface area contributed by atoms with Crippen LogP contribution in [0.1, 0.15) is 26.3 Å². The smallest absolute Gasteiger partial charge is 0.336 e. The van der Waals surface area contributed by atoms with E-state index in [1.807, 2.05) is 24.3 Å². The third-order valence-corrected chi connectivity index (χ3v) is 3.24. The molecule has 0 radical (unpaired) electrons. The van der Waals surface area contributed by atoms with Gasteiger partial charge in [0.1, 0.15) is 0 Å². The normalized spacial score (nSPS) is 10.6. The monoisotopic (exact) mass is 265 g/mol. The second-order valence-electron chi connectivity index (χ2n) is 4.43. The van der Waals surface area contributed by atoms with Gasteiger partial charge in [-0.15, -0.1) is 0 Å². The Morgan fingerprint density at radius 2 is 1.50 bits per heavy atom. The lowest BCUT2D eigenvalue weighted by molar-refractivity contribution is 0.0693. The molecule has 0 spiro atoms. The van der Waals surface area contributed by atoms with E-state index < -0.39 is 5.97 Å². The minimum Gasteiger partial charge on any atom is -0.478 e. The molecule has 0 bridgehead atoms. The van der Waals surface area contributed by atoms with Crippen molar-refractivity contribution >= 4 is 22.7 Å². The summed E-state index contributed by atoms with van der Waals surface area (Å²) in [6, 6.07) is 13.7. The number of nitrogens with one attached hydrogen (secondary N) is 1. The molecule has 1 heterocycles. The quantitative estimate of drug-likeness (QED) is 0.715. The van der Waals surface area contributed by atoms with Crippen LogP contribution in [-0.2, 0) is 0 Å². The largest absolute Gasteiger partial charge is 0.478 e. The van der Waals surface area contributed by atoms with E-state index in [2.05, 4.69) is 4.98 Å². The standard InChI is InChI=1S/C16H11NO3/c18-15(11-6-1-2-7-12(11)16(19)20)13-9-17-14-8-4-3-5-10(13)14/h1-9,17H,(H,19,20). The molecule has 4 nitrogen and oxygen atoms in total. The van der Waals surface area contributed by atoms with Gasteiger partial charge in [0.2, 0.25) is 0 Å². The van der Waals surface area contributed by atoms with E-state index in [-0.39, 0.29) is 16.9 Å². The SMILES string of the molecule is O=C(O)c1ccccc1C(=O)c1c[nH]c2ccccc12. The van der Waals surface area contributed by atoms with Crippen LogP contribution in [0.3, 0.4) is 0 Å². The highest BCUT2D eigenvalue weighted by molar-refractivity contribution is 6.19. The number of hydrogen-bond acceptors (Lipinski definition) is 2. The molecule has 3 aromatic rings. The summed E-state index contributed by atoms with van der Waals surface area (Å²) in [5, 5.41) is 9.95. The first-order valence-corrected chi connectivity index (χ1v) is 6.11. The summed E-state index contributed by atoms with van der Waals surface area (Å²) in [4.78, 5) is 26.8. The molecule has 2 aromatic carbocycles. The molecule has 0 aliphatic rings. The molecule has 0 unspecified atom stereocenters. The Morgan fingerprint density at radius 1 is 0.850 bits per heavy atom. The molecule has 0 aliphatic carbocycles. The Balaban J connectivity index is 2.16. The average Bonchev–Trinajstić information content (AvgIpc) is 2.90. The first kappa shape index (κ1) is 12.2. The van der Waals surface area contributed by atoms with Gasteiger partial charge in [0.05, 0.1) is 5.56 Å². The van der Waals surface area contributed by atoms with Crippen LogP contribution >= 0.6 is 0 Å². The van der Waals surface area contributed by atoms with Gasteiger partial charge in [0.15, 0.2) is 5.78 Å². The van der Waals surface area contributed by atoms with Crippen molar-refractivity contribution < 1.29 is 14.7 Å². The van der Waals surface area contributed by atoms with E-state index in [4.69, 9.17) is 5.11 Å². The third-order valence-electron chi connectivity index (χ3n) is 3.24. The van der Waals surface area contributed by atoms with Crippen LogP contribution in [0, 0.1) is 0 Å². The zero-order chi connectivity index (χ0) is 14.1. The van der Waals surface area contributed by atoms with Gasteiger partial charge in [0.25, 0.3) is 0 Å². The van der Waals surface area contributed by atoms with Crippen LogP contribution in [0.2, 0.25) is 0 Å². The molecule has 20 heavy (non-hydrogen) atoms. The van der Waals surface area contributed by atoms with Gasteiger partial charge >= 0.3 is 5.97 Å². The van der Waals surface area contributed by atoms with Gasteiger partial charge in [-0.1, -0.05) is 36.4 Å². The number of carboxylic acids is 1. The highest BCUT2D eigenvalue weighted by Gasteiger charge is 2.19. The summed E-state index contributed by atoms with van der Waals surface area (Å²) in [6.45, 7) is 0. The first-order chi connectivity index (χ1) is 9.68. The van der Waals surface area contributed by atoms with E-state index in [1.165, 1.54) is 12.1 Å². The fourth-order valence-corrected chi connectivity index (χ4v) is 2.27. The second kappa shape index (κ2) is 4.66. The van der Waals surface area contributed by atoms with Crippen molar-refractivity contribution in [3.05, 3.63) is 71.4 Å². The third kappa shape index (κ3) is 1.87. The van der Waals surface area contributed by atoms with Gasteiger partial charge < -0.3 is 10.1 Å². The van der Waals surface area contributed by atoms with Gasteiger partial charge in [-0.25, -0.2) is 4.79 Å². The molecule has 2 N–H and O–H groups in total. The number of carbonyl (C=O) groups excluding carboxylic acids is 1. The predicted molar refractivity (Wildman–Crippen MR) is 75.1 cm³/mol.